The number of amides is 1. The molecule has 1 aliphatic rings. The van der Waals surface area contributed by atoms with Crippen LogP contribution in [0, 0.1) is 12.7 Å². The number of hydrogen-bond donors (Lipinski definition) is 0. The van der Waals surface area contributed by atoms with E-state index < -0.39 is 0 Å². The highest BCUT2D eigenvalue weighted by Gasteiger charge is 2.21. The van der Waals surface area contributed by atoms with Crippen molar-refractivity contribution in [2.45, 2.75) is 19.8 Å². The Labute approximate surface area is 169 Å². The molecule has 0 spiro atoms. The Morgan fingerprint density at radius 1 is 1.10 bits per heavy atom. The normalized spacial score (nSPS) is 14.3. The molecular formula is C23H24FN3O2. The van der Waals surface area contributed by atoms with Gasteiger partial charge in [0.05, 0.1) is 6.20 Å². The lowest BCUT2D eigenvalue weighted by Gasteiger charge is -2.36. The fourth-order valence-electron chi connectivity index (χ4n) is 3.58. The average molecular weight is 393 g/mol. The molecule has 1 aromatic heterocycles. The Balaban J connectivity index is 1.28. The summed E-state index contributed by atoms with van der Waals surface area (Å²) in [6.07, 6.45) is 2.44. The summed E-state index contributed by atoms with van der Waals surface area (Å²) in [5, 5.41) is 0. The average Bonchev–Trinajstić information content (AvgIpc) is 3.22. The maximum atomic E-state index is 13.0. The number of hydrogen-bond acceptors (Lipinski definition) is 4. The highest BCUT2D eigenvalue weighted by Crippen LogP contribution is 2.22. The lowest BCUT2D eigenvalue weighted by molar-refractivity contribution is -0.131. The third kappa shape index (κ3) is 4.65. The number of piperazine rings is 1. The molecule has 0 aliphatic carbocycles. The maximum Gasteiger partial charge on any atom is 0.223 e. The van der Waals surface area contributed by atoms with E-state index in [1.54, 1.807) is 18.3 Å². The van der Waals surface area contributed by atoms with Crippen LogP contribution in [0.2, 0.25) is 0 Å². The summed E-state index contributed by atoms with van der Waals surface area (Å²) in [4.78, 5) is 21.1. The minimum Gasteiger partial charge on any atom is -0.441 e. The predicted octanol–water partition coefficient (Wildman–Crippen LogP) is 4.07. The molecule has 3 aromatic rings. The first-order chi connectivity index (χ1) is 14.1. The Kier molecular flexibility index (Phi) is 5.60. The van der Waals surface area contributed by atoms with E-state index in [-0.39, 0.29) is 11.7 Å². The number of aryl methyl sites for hydroxylation is 2. The first-order valence-corrected chi connectivity index (χ1v) is 9.88. The van der Waals surface area contributed by atoms with Crippen LogP contribution in [0.25, 0.3) is 11.3 Å². The summed E-state index contributed by atoms with van der Waals surface area (Å²) in [6, 6.07) is 14.5. The summed E-state index contributed by atoms with van der Waals surface area (Å²) in [5.74, 6) is 0.937. The van der Waals surface area contributed by atoms with Crippen molar-refractivity contribution in [2.75, 3.05) is 31.1 Å². The second-order valence-corrected chi connectivity index (χ2v) is 7.33. The molecule has 0 bridgehead atoms. The zero-order valence-electron chi connectivity index (χ0n) is 16.5. The van der Waals surface area contributed by atoms with E-state index in [1.165, 1.54) is 23.4 Å². The summed E-state index contributed by atoms with van der Waals surface area (Å²) in [6.45, 7) is 5.21. The fraction of sp³-hybridized carbons (Fsp3) is 0.304. The van der Waals surface area contributed by atoms with Gasteiger partial charge in [0.25, 0.3) is 0 Å². The van der Waals surface area contributed by atoms with Crippen molar-refractivity contribution in [2.24, 2.45) is 0 Å². The Morgan fingerprint density at radius 3 is 2.59 bits per heavy atom. The molecule has 1 amide bonds. The van der Waals surface area contributed by atoms with Gasteiger partial charge in [0, 0.05) is 50.3 Å². The minimum absolute atomic E-state index is 0.121. The highest BCUT2D eigenvalue weighted by molar-refractivity contribution is 5.76. The third-order valence-corrected chi connectivity index (χ3v) is 5.23. The van der Waals surface area contributed by atoms with Gasteiger partial charge in [-0.3, -0.25) is 4.79 Å². The molecule has 1 fully saturated rings. The molecule has 0 unspecified atom stereocenters. The fourth-order valence-corrected chi connectivity index (χ4v) is 3.58. The van der Waals surface area contributed by atoms with Gasteiger partial charge < -0.3 is 14.2 Å². The summed E-state index contributed by atoms with van der Waals surface area (Å²) in [7, 11) is 0. The van der Waals surface area contributed by atoms with E-state index in [9.17, 15) is 9.18 Å². The lowest BCUT2D eigenvalue weighted by Crippen LogP contribution is -2.48. The number of carbonyl (C=O) groups excluding carboxylic acids is 1. The van der Waals surface area contributed by atoms with Gasteiger partial charge in [0.2, 0.25) is 5.91 Å². The predicted molar refractivity (Wildman–Crippen MR) is 110 cm³/mol. The van der Waals surface area contributed by atoms with Gasteiger partial charge in [0.15, 0.2) is 11.7 Å². The van der Waals surface area contributed by atoms with Gasteiger partial charge in [-0.15, -0.1) is 0 Å². The number of aromatic nitrogens is 1. The molecule has 0 atom stereocenters. The lowest BCUT2D eigenvalue weighted by atomic mass is 10.2. The van der Waals surface area contributed by atoms with Crippen molar-refractivity contribution in [3.63, 3.8) is 0 Å². The number of oxazole rings is 1. The van der Waals surface area contributed by atoms with Gasteiger partial charge >= 0.3 is 0 Å². The minimum atomic E-state index is -0.290. The largest absolute Gasteiger partial charge is 0.441 e. The molecule has 6 heteroatoms. The Bertz CT molecular complexity index is 976. The smallest absolute Gasteiger partial charge is 0.223 e. The zero-order chi connectivity index (χ0) is 20.2. The quantitative estimate of drug-likeness (QED) is 0.656. The number of nitrogens with zero attached hydrogens (tertiary/aromatic N) is 3. The zero-order valence-corrected chi connectivity index (χ0v) is 16.5. The molecule has 4 rings (SSSR count). The Hall–Kier alpha value is -3.15. The van der Waals surface area contributed by atoms with Gasteiger partial charge in [0.1, 0.15) is 5.82 Å². The molecule has 0 radical (unpaired) electrons. The molecule has 29 heavy (non-hydrogen) atoms. The second-order valence-electron chi connectivity index (χ2n) is 7.33. The van der Waals surface area contributed by atoms with E-state index in [1.807, 2.05) is 4.90 Å². The van der Waals surface area contributed by atoms with Crippen LogP contribution in [-0.4, -0.2) is 42.0 Å². The highest BCUT2D eigenvalue weighted by atomic mass is 19.1. The maximum absolute atomic E-state index is 13.0. The van der Waals surface area contributed by atoms with Crippen molar-refractivity contribution >= 4 is 11.6 Å². The van der Waals surface area contributed by atoms with Crippen LogP contribution in [0.1, 0.15) is 17.9 Å². The van der Waals surface area contributed by atoms with E-state index in [4.69, 9.17) is 4.42 Å². The van der Waals surface area contributed by atoms with Crippen LogP contribution in [0.3, 0.4) is 0 Å². The van der Waals surface area contributed by atoms with Crippen LogP contribution in [0.4, 0.5) is 10.1 Å². The molecule has 1 saturated heterocycles. The van der Waals surface area contributed by atoms with Crippen LogP contribution in [0.15, 0.2) is 59.1 Å². The summed E-state index contributed by atoms with van der Waals surface area (Å²) in [5.41, 5.74) is 3.22. The molecule has 1 aliphatic heterocycles. The van der Waals surface area contributed by atoms with E-state index in [0.717, 1.165) is 31.7 Å². The number of carbonyl (C=O) groups is 1. The second kappa shape index (κ2) is 8.47. The van der Waals surface area contributed by atoms with Crippen molar-refractivity contribution < 1.29 is 13.6 Å². The topological polar surface area (TPSA) is 49.6 Å². The van der Waals surface area contributed by atoms with Crippen LogP contribution < -0.4 is 4.90 Å². The molecule has 0 saturated carbocycles. The summed E-state index contributed by atoms with van der Waals surface area (Å²) >= 11 is 0. The van der Waals surface area contributed by atoms with Crippen molar-refractivity contribution in [1.29, 1.82) is 0 Å². The van der Waals surface area contributed by atoms with Crippen molar-refractivity contribution in [3.8, 4) is 11.3 Å². The molecule has 150 valence electrons. The Morgan fingerprint density at radius 2 is 1.86 bits per heavy atom. The molecular weight excluding hydrogens is 369 g/mol. The van der Waals surface area contributed by atoms with Gasteiger partial charge in [-0.1, -0.05) is 12.1 Å². The molecule has 2 aromatic carbocycles. The molecule has 5 nitrogen and oxygen atoms in total. The SMILES string of the molecule is Cc1cccc(N2CCN(C(=O)CCc3ncc(-c4ccc(F)cc4)o3)CC2)c1. The number of rotatable bonds is 5. The first kappa shape index (κ1) is 19.2. The van der Waals surface area contributed by atoms with E-state index in [2.05, 4.69) is 41.1 Å². The monoisotopic (exact) mass is 393 g/mol. The van der Waals surface area contributed by atoms with Crippen molar-refractivity contribution in [1.82, 2.24) is 9.88 Å². The standard InChI is InChI=1S/C23H24FN3O2/c1-17-3-2-4-20(15-17)26-11-13-27(14-12-26)23(28)10-9-22-25-16-21(29-22)18-5-7-19(24)8-6-18/h2-8,15-16H,9-14H2,1H3. The molecule has 2 heterocycles. The third-order valence-electron chi connectivity index (χ3n) is 5.23. The number of benzene rings is 2. The van der Waals surface area contributed by atoms with Gasteiger partial charge in [-0.05, 0) is 48.9 Å². The van der Waals surface area contributed by atoms with Crippen molar-refractivity contribution in [3.05, 3.63) is 72.0 Å². The number of halogens is 1. The van der Waals surface area contributed by atoms with Crippen LogP contribution >= 0.6 is 0 Å². The van der Waals surface area contributed by atoms with Crippen LogP contribution in [-0.2, 0) is 11.2 Å². The molecule has 0 N–H and O–H groups in total. The number of anilines is 1. The van der Waals surface area contributed by atoms with Gasteiger partial charge in [-0.25, -0.2) is 9.37 Å². The van der Waals surface area contributed by atoms with E-state index >= 15 is 0 Å². The first-order valence-electron chi connectivity index (χ1n) is 9.88. The van der Waals surface area contributed by atoms with E-state index in [0.29, 0.717) is 24.5 Å². The van der Waals surface area contributed by atoms with Gasteiger partial charge in [-0.2, -0.15) is 0 Å². The van der Waals surface area contributed by atoms with Crippen LogP contribution in [0.5, 0.6) is 0 Å². The summed E-state index contributed by atoms with van der Waals surface area (Å²) < 4.78 is 18.8.